The number of hydrogen-bond acceptors (Lipinski definition) is 6. The highest BCUT2D eigenvalue weighted by Gasteiger charge is 2.37. The first-order valence-corrected chi connectivity index (χ1v) is 12.5. The molecule has 178 valence electrons. The van der Waals surface area contributed by atoms with E-state index in [1.54, 1.807) is 29.6 Å². The fourth-order valence-electron chi connectivity index (χ4n) is 3.18. The summed E-state index contributed by atoms with van der Waals surface area (Å²) in [5.41, 5.74) is 0.369. The van der Waals surface area contributed by atoms with Crippen LogP contribution in [0.3, 0.4) is 0 Å². The van der Waals surface area contributed by atoms with Crippen molar-refractivity contribution in [3.63, 3.8) is 0 Å². The Morgan fingerprint density at radius 3 is 2.58 bits per heavy atom. The maximum Gasteiger partial charge on any atom is 0.417 e. The number of benzene rings is 2. The van der Waals surface area contributed by atoms with E-state index in [9.17, 15) is 21.6 Å². The number of thiazole rings is 1. The number of halogens is 3. The second kappa shape index (κ2) is 10.5. The zero-order chi connectivity index (χ0) is 24.1. The number of anilines is 1. The van der Waals surface area contributed by atoms with Gasteiger partial charge in [0.25, 0.3) is 0 Å². The Morgan fingerprint density at radius 1 is 1.15 bits per heavy atom. The highest BCUT2D eigenvalue weighted by atomic mass is 32.2. The summed E-state index contributed by atoms with van der Waals surface area (Å²) in [6.07, 6.45) is -4.58. The lowest BCUT2D eigenvalue weighted by Gasteiger charge is -2.16. The molecule has 11 heteroatoms. The van der Waals surface area contributed by atoms with Crippen LogP contribution in [-0.2, 0) is 29.2 Å². The van der Waals surface area contributed by atoms with Gasteiger partial charge in [-0.1, -0.05) is 18.2 Å². The molecule has 0 unspecified atom stereocenters. The molecule has 3 rings (SSSR count). The molecule has 1 heterocycles. The minimum absolute atomic E-state index is 0.0765. The van der Waals surface area contributed by atoms with Crippen molar-refractivity contribution in [2.45, 2.75) is 37.9 Å². The van der Waals surface area contributed by atoms with Gasteiger partial charge in [-0.2, -0.15) is 13.2 Å². The molecule has 0 saturated heterocycles. The number of aryl methyl sites for hydroxylation is 1. The number of sulfonamides is 1. The molecule has 1 aromatic heterocycles. The van der Waals surface area contributed by atoms with Crippen molar-refractivity contribution in [1.29, 1.82) is 0 Å². The summed E-state index contributed by atoms with van der Waals surface area (Å²) in [5.74, 6) is 0.612. The van der Waals surface area contributed by atoms with E-state index in [1.165, 1.54) is 17.4 Å². The second-order valence-electron chi connectivity index (χ2n) is 7.11. The first-order valence-electron chi connectivity index (χ1n) is 10.2. The molecule has 0 saturated carbocycles. The van der Waals surface area contributed by atoms with Gasteiger partial charge >= 0.3 is 6.18 Å². The number of nitrogens with one attached hydrogen (secondary N) is 2. The molecule has 2 aromatic carbocycles. The van der Waals surface area contributed by atoms with Gasteiger partial charge in [-0.05, 0) is 50.1 Å². The van der Waals surface area contributed by atoms with Gasteiger partial charge in [-0.15, -0.1) is 11.3 Å². The zero-order valence-electron chi connectivity index (χ0n) is 18.1. The molecule has 3 aromatic rings. The SMILES string of the molecule is CCOc1ccccc1CCNS(=O)(=O)c1ccc(NCc2csc(C)n2)cc1C(F)(F)F. The molecule has 0 bridgehead atoms. The van der Waals surface area contributed by atoms with Gasteiger partial charge in [0.1, 0.15) is 5.75 Å². The van der Waals surface area contributed by atoms with Gasteiger partial charge in [-0.3, -0.25) is 0 Å². The van der Waals surface area contributed by atoms with Crippen LogP contribution in [0.4, 0.5) is 18.9 Å². The van der Waals surface area contributed by atoms with Crippen molar-refractivity contribution in [2.75, 3.05) is 18.5 Å². The number of alkyl halides is 3. The number of hydrogen-bond donors (Lipinski definition) is 2. The van der Waals surface area contributed by atoms with Gasteiger partial charge in [0.05, 0.1) is 34.3 Å². The lowest BCUT2D eigenvalue weighted by molar-refractivity contribution is -0.139. The normalized spacial score (nSPS) is 12.0. The number of ether oxygens (including phenoxy) is 1. The van der Waals surface area contributed by atoms with Crippen LogP contribution in [0.2, 0.25) is 0 Å². The monoisotopic (exact) mass is 499 g/mol. The molecule has 0 aliphatic heterocycles. The molecule has 0 aliphatic rings. The quantitative estimate of drug-likeness (QED) is 0.410. The van der Waals surface area contributed by atoms with Crippen LogP contribution in [-0.4, -0.2) is 26.6 Å². The largest absolute Gasteiger partial charge is 0.494 e. The molecule has 6 nitrogen and oxygen atoms in total. The minimum Gasteiger partial charge on any atom is -0.494 e. The van der Waals surface area contributed by atoms with Crippen LogP contribution >= 0.6 is 11.3 Å². The average molecular weight is 500 g/mol. The van der Waals surface area contributed by atoms with Crippen molar-refractivity contribution in [3.8, 4) is 5.75 Å². The first kappa shape index (κ1) is 25.0. The number of aromatic nitrogens is 1. The fourth-order valence-corrected chi connectivity index (χ4v) is 5.03. The highest BCUT2D eigenvalue weighted by Crippen LogP contribution is 2.36. The number of rotatable bonds is 10. The summed E-state index contributed by atoms with van der Waals surface area (Å²) in [5, 5.41) is 5.51. The Balaban J connectivity index is 1.75. The predicted octanol–water partition coefficient (Wildman–Crippen LogP) is 5.00. The molecule has 2 N–H and O–H groups in total. The van der Waals surface area contributed by atoms with E-state index in [1.807, 2.05) is 13.8 Å². The Bertz CT molecular complexity index is 1190. The van der Waals surface area contributed by atoms with Crippen LogP contribution in [0.5, 0.6) is 5.75 Å². The van der Waals surface area contributed by atoms with E-state index >= 15 is 0 Å². The van der Waals surface area contributed by atoms with Crippen molar-refractivity contribution in [2.24, 2.45) is 0 Å². The summed E-state index contributed by atoms with van der Waals surface area (Å²) < 4.78 is 74.3. The standard InChI is InChI=1S/C22H24F3N3O3S2/c1-3-31-20-7-5-4-6-16(20)10-11-27-33(29,30)21-9-8-17(12-19(21)22(23,24)25)26-13-18-14-32-15(2)28-18/h4-9,12,14,26-27H,3,10-11,13H2,1-2H3. The molecular formula is C22H24F3N3O3S2. The van der Waals surface area contributed by atoms with E-state index in [4.69, 9.17) is 4.74 Å². The van der Waals surface area contributed by atoms with Crippen LogP contribution in [0.1, 0.15) is 28.8 Å². The lowest BCUT2D eigenvalue weighted by Crippen LogP contribution is -2.28. The maximum atomic E-state index is 13.7. The molecule has 0 fully saturated rings. The molecule has 0 amide bonds. The number of para-hydroxylation sites is 1. The Hall–Kier alpha value is -2.63. The third-order valence-electron chi connectivity index (χ3n) is 4.67. The predicted molar refractivity (Wildman–Crippen MR) is 122 cm³/mol. The summed E-state index contributed by atoms with van der Waals surface area (Å²) >= 11 is 1.44. The average Bonchev–Trinajstić information content (AvgIpc) is 3.18. The molecule has 0 radical (unpaired) electrons. The third-order valence-corrected chi connectivity index (χ3v) is 7.02. The van der Waals surface area contributed by atoms with Crippen LogP contribution < -0.4 is 14.8 Å². The van der Waals surface area contributed by atoms with Crippen molar-refractivity contribution in [1.82, 2.24) is 9.71 Å². The van der Waals surface area contributed by atoms with Crippen molar-refractivity contribution < 1.29 is 26.3 Å². The Morgan fingerprint density at radius 2 is 1.91 bits per heavy atom. The van der Waals surface area contributed by atoms with Crippen LogP contribution in [0.25, 0.3) is 0 Å². The van der Waals surface area contributed by atoms with E-state index in [0.717, 1.165) is 22.7 Å². The third kappa shape index (κ3) is 6.68. The van der Waals surface area contributed by atoms with Crippen LogP contribution in [0.15, 0.2) is 52.7 Å². The summed E-state index contributed by atoms with van der Waals surface area (Å²) in [6.45, 7) is 4.25. The van der Waals surface area contributed by atoms with Gasteiger partial charge in [0, 0.05) is 17.6 Å². The summed E-state index contributed by atoms with van der Waals surface area (Å²) in [6, 6.07) is 10.2. The topological polar surface area (TPSA) is 80.3 Å². The fraction of sp³-hybridized carbons (Fsp3) is 0.318. The summed E-state index contributed by atoms with van der Waals surface area (Å²) in [4.78, 5) is 3.43. The highest BCUT2D eigenvalue weighted by molar-refractivity contribution is 7.89. The van der Waals surface area contributed by atoms with E-state index in [-0.39, 0.29) is 25.2 Å². The smallest absolute Gasteiger partial charge is 0.417 e. The van der Waals surface area contributed by atoms with Crippen LogP contribution in [0, 0.1) is 6.92 Å². The Kier molecular flexibility index (Phi) is 7.98. The lowest BCUT2D eigenvalue weighted by atomic mass is 10.1. The molecule has 33 heavy (non-hydrogen) atoms. The number of nitrogens with zero attached hydrogens (tertiary/aromatic N) is 1. The minimum atomic E-state index is -4.85. The van der Waals surface area contributed by atoms with E-state index in [0.29, 0.717) is 18.1 Å². The molecule has 0 atom stereocenters. The maximum absolute atomic E-state index is 13.7. The second-order valence-corrected chi connectivity index (χ2v) is 9.91. The molecule has 0 spiro atoms. The van der Waals surface area contributed by atoms with Crippen molar-refractivity contribution >= 4 is 27.0 Å². The van der Waals surface area contributed by atoms with Gasteiger partial charge < -0.3 is 10.1 Å². The summed E-state index contributed by atoms with van der Waals surface area (Å²) in [7, 11) is -4.40. The molecule has 0 aliphatic carbocycles. The van der Waals surface area contributed by atoms with Gasteiger partial charge in [-0.25, -0.2) is 18.1 Å². The molecular weight excluding hydrogens is 475 g/mol. The van der Waals surface area contributed by atoms with E-state index < -0.39 is 26.7 Å². The Labute approximate surface area is 194 Å². The van der Waals surface area contributed by atoms with E-state index in [2.05, 4.69) is 15.0 Å². The zero-order valence-corrected chi connectivity index (χ0v) is 19.7. The first-order chi connectivity index (χ1) is 15.6. The van der Waals surface area contributed by atoms with Gasteiger partial charge in [0.15, 0.2) is 0 Å². The van der Waals surface area contributed by atoms with Crippen molar-refractivity contribution in [3.05, 3.63) is 69.7 Å². The van der Waals surface area contributed by atoms with Gasteiger partial charge in [0.2, 0.25) is 10.0 Å².